The summed E-state index contributed by atoms with van der Waals surface area (Å²) in [7, 11) is 1.68. The van der Waals surface area contributed by atoms with Crippen molar-refractivity contribution in [1.82, 2.24) is 0 Å². The minimum absolute atomic E-state index is 0.297. The van der Waals surface area contributed by atoms with Crippen LogP contribution in [0, 0.1) is 0 Å². The summed E-state index contributed by atoms with van der Waals surface area (Å²) in [5.74, 6) is 1.18. The zero-order valence-corrected chi connectivity index (χ0v) is 10.0. The van der Waals surface area contributed by atoms with Gasteiger partial charge >= 0.3 is 0 Å². The second-order valence-corrected chi connectivity index (χ2v) is 4.56. The van der Waals surface area contributed by atoms with E-state index in [2.05, 4.69) is 29.6 Å². The van der Waals surface area contributed by atoms with E-state index >= 15 is 0 Å². The van der Waals surface area contributed by atoms with E-state index in [1.807, 2.05) is 12.1 Å². The van der Waals surface area contributed by atoms with Gasteiger partial charge in [0.2, 0.25) is 0 Å². The molecule has 0 saturated carbocycles. The van der Waals surface area contributed by atoms with Gasteiger partial charge in [0.1, 0.15) is 5.75 Å². The maximum atomic E-state index is 5.84. The second kappa shape index (κ2) is 5.14. The minimum Gasteiger partial charge on any atom is -0.497 e. The first kappa shape index (κ1) is 11.2. The average molecular weight is 233 g/mol. The molecule has 0 spiro atoms. The molecule has 1 atom stereocenters. The number of thiophene rings is 1. The standard InChI is InChI=1S/C13H15NOS/c1-15-11-6-4-10(5-7-11)12(9-14)13-3-2-8-16-13/h2-8,12H,9,14H2,1H3. The third kappa shape index (κ3) is 2.26. The molecule has 0 radical (unpaired) electrons. The van der Waals surface area contributed by atoms with Crippen LogP contribution in [0.2, 0.25) is 0 Å². The van der Waals surface area contributed by atoms with E-state index in [4.69, 9.17) is 10.5 Å². The van der Waals surface area contributed by atoms with Crippen molar-refractivity contribution in [1.29, 1.82) is 0 Å². The van der Waals surface area contributed by atoms with Gasteiger partial charge in [-0.2, -0.15) is 0 Å². The van der Waals surface area contributed by atoms with Gasteiger partial charge in [0.05, 0.1) is 7.11 Å². The number of rotatable bonds is 4. The van der Waals surface area contributed by atoms with E-state index < -0.39 is 0 Å². The molecule has 0 aliphatic heterocycles. The molecule has 0 bridgehead atoms. The van der Waals surface area contributed by atoms with Crippen LogP contribution in [0.4, 0.5) is 0 Å². The summed E-state index contributed by atoms with van der Waals surface area (Å²) in [6, 6.07) is 12.3. The fraction of sp³-hybridized carbons (Fsp3) is 0.231. The van der Waals surface area contributed by atoms with Gasteiger partial charge in [-0.25, -0.2) is 0 Å². The third-order valence-corrected chi connectivity index (χ3v) is 3.63. The molecule has 0 aliphatic rings. The predicted molar refractivity (Wildman–Crippen MR) is 68.2 cm³/mol. The lowest BCUT2D eigenvalue weighted by Crippen LogP contribution is -2.12. The molecule has 1 aromatic carbocycles. The van der Waals surface area contributed by atoms with Crippen molar-refractivity contribution in [3.63, 3.8) is 0 Å². The minimum atomic E-state index is 0.297. The van der Waals surface area contributed by atoms with Crippen LogP contribution in [-0.2, 0) is 0 Å². The Balaban J connectivity index is 2.27. The van der Waals surface area contributed by atoms with Crippen molar-refractivity contribution in [2.45, 2.75) is 5.92 Å². The fourth-order valence-electron chi connectivity index (χ4n) is 1.74. The molecule has 0 saturated heterocycles. The number of nitrogens with two attached hydrogens (primary N) is 1. The topological polar surface area (TPSA) is 35.2 Å². The van der Waals surface area contributed by atoms with Crippen LogP contribution in [0.25, 0.3) is 0 Å². The summed E-state index contributed by atoms with van der Waals surface area (Å²) >= 11 is 1.75. The highest BCUT2D eigenvalue weighted by molar-refractivity contribution is 7.10. The molecular weight excluding hydrogens is 218 g/mol. The molecule has 84 valence electrons. The number of ether oxygens (including phenoxy) is 1. The average Bonchev–Trinajstić information content (AvgIpc) is 2.85. The van der Waals surface area contributed by atoms with Gasteiger partial charge in [-0.3, -0.25) is 0 Å². The second-order valence-electron chi connectivity index (χ2n) is 3.58. The zero-order chi connectivity index (χ0) is 11.4. The molecular formula is C13H15NOS. The summed E-state index contributed by atoms with van der Waals surface area (Å²) in [5, 5.41) is 2.08. The normalized spacial score (nSPS) is 12.4. The van der Waals surface area contributed by atoms with Crippen molar-refractivity contribution in [3.8, 4) is 5.75 Å². The molecule has 1 unspecified atom stereocenters. The Bertz CT molecular complexity index is 422. The van der Waals surface area contributed by atoms with E-state index in [0.717, 1.165) is 5.75 Å². The largest absolute Gasteiger partial charge is 0.497 e. The van der Waals surface area contributed by atoms with E-state index in [0.29, 0.717) is 12.5 Å². The SMILES string of the molecule is COc1ccc(C(CN)c2cccs2)cc1. The first-order valence-corrected chi connectivity index (χ1v) is 6.10. The van der Waals surface area contributed by atoms with Crippen LogP contribution < -0.4 is 10.5 Å². The lowest BCUT2D eigenvalue weighted by molar-refractivity contribution is 0.414. The van der Waals surface area contributed by atoms with Gasteiger partial charge in [0, 0.05) is 17.3 Å². The maximum absolute atomic E-state index is 5.84. The van der Waals surface area contributed by atoms with Crippen molar-refractivity contribution >= 4 is 11.3 Å². The highest BCUT2D eigenvalue weighted by Crippen LogP contribution is 2.28. The first-order valence-electron chi connectivity index (χ1n) is 5.22. The smallest absolute Gasteiger partial charge is 0.118 e. The highest BCUT2D eigenvalue weighted by atomic mass is 32.1. The predicted octanol–water partition coefficient (Wildman–Crippen LogP) is 2.85. The van der Waals surface area contributed by atoms with Crippen LogP contribution in [-0.4, -0.2) is 13.7 Å². The number of hydrogen-bond donors (Lipinski definition) is 1. The van der Waals surface area contributed by atoms with Gasteiger partial charge in [0.15, 0.2) is 0 Å². The van der Waals surface area contributed by atoms with E-state index in [1.54, 1.807) is 18.4 Å². The van der Waals surface area contributed by atoms with E-state index in [1.165, 1.54) is 10.4 Å². The molecule has 0 fully saturated rings. The summed E-state index contributed by atoms with van der Waals surface area (Å²) < 4.78 is 5.14. The Morgan fingerprint density at radius 3 is 2.50 bits per heavy atom. The third-order valence-electron chi connectivity index (χ3n) is 2.64. The van der Waals surface area contributed by atoms with Crippen molar-refractivity contribution in [3.05, 3.63) is 52.2 Å². The van der Waals surface area contributed by atoms with Crippen molar-refractivity contribution in [2.75, 3.05) is 13.7 Å². The molecule has 2 rings (SSSR count). The number of benzene rings is 1. The van der Waals surface area contributed by atoms with Gasteiger partial charge < -0.3 is 10.5 Å². The molecule has 0 amide bonds. The van der Waals surface area contributed by atoms with Crippen molar-refractivity contribution < 1.29 is 4.74 Å². The fourth-order valence-corrected chi connectivity index (χ4v) is 2.61. The van der Waals surface area contributed by atoms with Gasteiger partial charge in [-0.1, -0.05) is 18.2 Å². The first-order chi connectivity index (χ1) is 7.85. The van der Waals surface area contributed by atoms with Gasteiger partial charge in [-0.15, -0.1) is 11.3 Å². The van der Waals surface area contributed by atoms with Crippen LogP contribution in [0.3, 0.4) is 0 Å². The Labute approximate surface area is 99.7 Å². The van der Waals surface area contributed by atoms with Crippen molar-refractivity contribution in [2.24, 2.45) is 5.73 Å². The summed E-state index contributed by atoms with van der Waals surface area (Å²) in [5.41, 5.74) is 7.08. The number of hydrogen-bond acceptors (Lipinski definition) is 3. The molecule has 2 N–H and O–H groups in total. The Kier molecular flexibility index (Phi) is 3.59. The van der Waals surface area contributed by atoms with Crippen LogP contribution in [0.5, 0.6) is 5.75 Å². The van der Waals surface area contributed by atoms with Gasteiger partial charge in [0.25, 0.3) is 0 Å². The molecule has 2 nitrogen and oxygen atoms in total. The quantitative estimate of drug-likeness (QED) is 0.881. The van der Waals surface area contributed by atoms with E-state index in [9.17, 15) is 0 Å². The molecule has 0 aliphatic carbocycles. The molecule has 1 aromatic heterocycles. The van der Waals surface area contributed by atoms with Crippen LogP contribution in [0.1, 0.15) is 16.4 Å². The molecule has 16 heavy (non-hydrogen) atoms. The number of methoxy groups -OCH3 is 1. The Morgan fingerprint density at radius 1 is 1.25 bits per heavy atom. The molecule has 1 heterocycles. The maximum Gasteiger partial charge on any atom is 0.118 e. The highest BCUT2D eigenvalue weighted by Gasteiger charge is 2.12. The lowest BCUT2D eigenvalue weighted by Gasteiger charge is -2.13. The lowest BCUT2D eigenvalue weighted by atomic mass is 9.97. The van der Waals surface area contributed by atoms with E-state index in [-0.39, 0.29) is 0 Å². The van der Waals surface area contributed by atoms with Gasteiger partial charge in [-0.05, 0) is 29.1 Å². The summed E-state index contributed by atoms with van der Waals surface area (Å²) in [4.78, 5) is 1.31. The molecule has 3 heteroatoms. The zero-order valence-electron chi connectivity index (χ0n) is 9.22. The van der Waals surface area contributed by atoms with Crippen LogP contribution >= 0.6 is 11.3 Å². The monoisotopic (exact) mass is 233 g/mol. The molecule has 2 aromatic rings. The summed E-state index contributed by atoms with van der Waals surface area (Å²) in [6.07, 6.45) is 0. The summed E-state index contributed by atoms with van der Waals surface area (Å²) in [6.45, 7) is 0.632. The Hall–Kier alpha value is -1.32. The van der Waals surface area contributed by atoms with Crippen LogP contribution in [0.15, 0.2) is 41.8 Å². The Morgan fingerprint density at radius 2 is 2.00 bits per heavy atom.